The minimum absolute atomic E-state index is 0.446. The molecule has 0 aliphatic rings. The molecule has 0 atom stereocenters. The van der Waals surface area contributed by atoms with Crippen LogP contribution in [0.5, 0.6) is 0 Å². The van der Waals surface area contributed by atoms with Crippen molar-refractivity contribution in [3.8, 4) is 22.4 Å². The molecule has 0 bridgehead atoms. The Morgan fingerprint density at radius 1 is 1.00 bits per heavy atom. The van der Waals surface area contributed by atoms with Gasteiger partial charge in [-0.1, -0.05) is 48.0 Å². The molecule has 0 spiro atoms. The number of halogens is 1. The van der Waals surface area contributed by atoms with E-state index in [1.165, 1.54) is 6.20 Å². The molecule has 1 heterocycles. The van der Waals surface area contributed by atoms with Crippen molar-refractivity contribution in [3.05, 3.63) is 65.8 Å². The standard InChI is InChI=1S/C21H21ClN4O2/c1-21(2,3)24-19(27)23-20(28)26-12-11-18(25-26)15-8-6-7-14(13-15)16-9-4-5-10-17(16)22/h4-13H,1-3H3,(H2,23,24,27,28). The van der Waals surface area contributed by atoms with Crippen LogP contribution in [0.3, 0.4) is 0 Å². The van der Waals surface area contributed by atoms with E-state index in [4.69, 9.17) is 11.6 Å². The van der Waals surface area contributed by atoms with Crippen LogP contribution in [0.4, 0.5) is 9.59 Å². The highest BCUT2D eigenvalue weighted by atomic mass is 35.5. The van der Waals surface area contributed by atoms with Crippen molar-refractivity contribution >= 4 is 23.7 Å². The molecule has 0 radical (unpaired) electrons. The predicted molar refractivity (Wildman–Crippen MR) is 110 cm³/mol. The largest absolute Gasteiger partial charge is 0.350 e. The highest BCUT2D eigenvalue weighted by molar-refractivity contribution is 6.33. The number of benzene rings is 2. The molecule has 3 aromatic rings. The van der Waals surface area contributed by atoms with Crippen LogP contribution in [0.15, 0.2) is 60.8 Å². The highest BCUT2D eigenvalue weighted by Crippen LogP contribution is 2.30. The summed E-state index contributed by atoms with van der Waals surface area (Å²) in [5.41, 5.74) is 2.87. The summed E-state index contributed by atoms with van der Waals surface area (Å²) in [6, 6.07) is 15.8. The normalized spacial score (nSPS) is 11.1. The number of aromatic nitrogens is 2. The molecule has 144 valence electrons. The van der Waals surface area contributed by atoms with Gasteiger partial charge >= 0.3 is 12.1 Å². The Balaban J connectivity index is 1.79. The number of urea groups is 1. The van der Waals surface area contributed by atoms with Gasteiger partial charge in [0.15, 0.2) is 0 Å². The molecule has 2 aromatic carbocycles. The SMILES string of the molecule is CC(C)(C)NC(=O)NC(=O)n1ccc(-c2cccc(-c3ccccc3Cl)c2)n1. The summed E-state index contributed by atoms with van der Waals surface area (Å²) in [5.74, 6) is 0. The lowest BCUT2D eigenvalue weighted by atomic mass is 10.0. The minimum atomic E-state index is -0.629. The van der Waals surface area contributed by atoms with E-state index in [2.05, 4.69) is 15.7 Å². The number of hydrogen-bond donors (Lipinski definition) is 2. The predicted octanol–water partition coefficient (Wildman–Crippen LogP) is 4.94. The molecule has 2 N–H and O–H groups in total. The first-order chi connectivity index (χ1) is 13.2. The number of nitrogens with zero attached hydrogens (tertiary/aromatic N) is 2. The van der Waals surface area contributed by atoms with Gasteiger partial charge in [0.2, 0.25) is 0 Å². The summed E-state index contributed by atoms with van der Waals surface area (Å²) in [6.07, 6.45) is 1.51. The van der Waals surface area contributed by atoms with Gasteiger partial charge in [-0.15, -0.1) is 0 Å². The summed E-state index contributed by atoms with van der Waals surface area (Å²) >= 11 is 6.29. The molecule has 0 aliphatic heterocycles. The zero-order chi connectivity index (χ0) is 20.3. The van der Waals surface area contributed by atoms with Gasteiger partial charge in [-0.05, 0) is 44.5 Å². The van der Waals surface area contributed by atoms with Gasteiger partial charge in [0, 0.05) is 27.9 Å². The van der Waals surface area contributed by atoms with Crippen molar-refractivity contribution in [2.75, 3.05) is 0 Å². The Kier molecular flexibility index (Phi) is 5.51. The molecule has 0 saturated heterocycles. The van der Waals surface area contributed by atoms with Crippen molar-refractivity contribution < 1.29 is 9.59 Å². The minimum Gasteiger partial charge on any atom is -0.333 e. The molecule has 0 fully saturated rings. The average Bonchev–Trinajstić information content (AvgIpc) is 3.11. The fraction of sp³-hybridized carbons (Fsp3) is 0.190. The summed E-state index contributed by atoms with van der Waals surface area (Å²) in [7, 11) is 0. The van der Waals surface area contributed by atoms with Crippen molar-refractivity contribution in [2.24, 2.45) is 0 Å². The topological polar surface area (TPSA) is 76.0 Å². The van der Waals surface area contributed by atoms with Gasteiger partial charge in [-0.2, -0.15) is 9.78 Å². The van der Waals surface area contributed by atoms with Gasteiger partial charge in [0.1, 0.15) is 0 Å². The maximum Gasteiger partial charge on any atom is 0.350 e. The van der Waals surface area contributed by atoms with Crippen LogP contribution < -0.4 is 10.6 Å². The van der Waals surface area contributed by atoms with Gasteiger partial charge in [-0.3, -0.25) is 5.32 Å². The molecule has 7 heteroatoms. The number of imide groups is 1. The number of carbonyl (C=O) groups is 2. The third-order valence-electron chi connectivity index (χ3n) is 3.85. The van der Waals surface area contributed by atoms with Crippen LogP contribution in [0.1, 0.15) is 20.8 Å². The van der Waals surface area contributed by atoms with Crippen molar-refractivity contribution in [1.82, 2.24) is 20.4 Å². The van der Waals surface area contributed by atoms with Crippen molar-refractivity contribution in [3.63, 3.8) is 0 Å². The number of rotatable bonds is 2. The Hall–Kier alpha value is -3.12. The van der Waals surface area contributed by atoms with Crippen LogP contribution in [0, 0.1) is 0 Å². The highest BCUT2D eigenvalue weighted by Gasteiger charge is 2.17. The van der Waals surface area contributed by atoms with E-state index in [9.17, 15) is 9.59 Å². The lowest BCUT2D eigenvalue weighted by Crippen LogP contribution is -2.49. The quantitative estimate of drug-likeness (QED) is 0.644. The Bertz CT molecular complexity index is 1020. The van der Waals surface area contributed by atoms with Gasteiger partial charge < -0.3 is 5.32 Å². The molecule has 28 heavy (non-hydrogen) atoms. The summed E-state index contributed by atoms with van der Waals surface area (Å²) in [4.78, 5) is 24.1. The van der Waals surface area contributed by atoms with E-state index in [1.807, 2.05) is 69.3 Å². The number of carbonyl (C=O) groups excluding carboxylic acids is 2. The zero-order valence-electron chi connectivity index (χ0n) is 15.9. The Morgan fingerprint density at radius 3 is 2.43 bits per heavy atom. The summed E-state index contributed by atoms with van der Waals surface area (Å²) in [5, 5.41) is 9.86. The maximum absolute atomic E-state index is 12.2. The first kappa shape index (κ1) is 19.6. The third kappa shape index (κ3) is 4.78. The second kappa shape index (κ2) is 7.86. The molecule has 1 aromatic heterocycles. The second-order valence-electron chi connectivity index (χ2n) is 7.34. The Morgan fingerprint density at radius 2 is 1.71 bits per heavy atom. The van der Waals surface area contributed by atoms with Gasteiger partial charge in [0.25, 0.3) is 0 Å². The molecule has 0 unspecified atom stereocenters. The fourth-order valence-electron chi connectivity index (χ4n) is 2.66. The molecular formula is C21H21ClN4O2. The monoisotopic (exact) mass is 396 g/mol. The smallest absolute Gasteiger partial charge is 0.333 e. The second-order valence-corrected chi connectivity index (χ2v) is 7.75. The van der Waals surface area contributed by atoms with Crippen LogP contribution in [-0.2, 0) is 0 Å². The number of hydrogen-bond acceptors (Lipinski definition) is 3. The Labute approximate surface area is 168 Å². The molecule has 3 amide bonds. The van der Waals surface area contributed by atoms with E-state index >= 15 is 0 Å². The average molecular weight is 397 g/mol. The van der Waals surface area contributed by atoms with Crippen molar-refractivity contribution in [2.45, 2.75) is 26.3 Å². The molecular weight excluding hydrogens is 376 g/mol. The molecule has 0 saturated carbocycles. The van der Waals surface area contributed by atoms with E-state index < -0.39 is 17.6 Å². The lowest BCUT2D eigenvalue weighted by Gasteiger charge is -2.20. The molecule has 0 aliphatic carbocycles. The van der Waals surface area contributed by atoms with Crippen LogP contribution in [-0.4, -0.2) is 27.4 Å². The van der Waals surface area contributed by atoms with Crippen LogP contribution in [0.2, 0.25) is 5.02 Å². The molecule has 3 rings (SSSR count). The summed E-state index contributed by atoms with van der Waals surface area (Å²) in [6.45, 7) is 5.49. The van der Waals surface area contributed by atoms with Crippen LogP contribution >= 0.6 is 11.6 Å². The number of nitrogens with one attached hydrogen (secondary N) is 2. The van der Waals surface area contributed by atoms with E-state index in [1.54, 1.807) is 6.07 Å². The number of amides is 3. The maximum atomic E-state index is 12.2. The summed E-state index contributed by atoms with van der Waals surface area (Å²) < 4.78 is 1.10. The van der Waals surface area contributed by atoms with Crippen LogP contribution in [0.25, 0.3) is 22.4 Å². The zero-order valence-corrected chi connectivity index (χ0v) is 16.6. The molecule has 6 nitrogen and oxygen atoms in total. The van der Waals surface area contributed by atoms with E-state index in [-0.39, 0.29) is 0 Å². The first-order valence-corrected chi connectivity index (χ1v) is 9.15. The third-order valence-corrected chi connectivity index (χ3v) is 4.18. The fourth-order valence-corrected chi connectivity index (χ4v) is 2.90. The van der Waals surface area contributed by atoms with E-state index in [0.717, 1.165) is 21.4 Å². The first-order valence-electron chi connectivity index (χ1n) is 8.77. The van der Waals surface area contributed by atoms with Gasteiger partial charge in [-0.25, -0.2) is 9.59 Å². The van der Waals surface area contributed by atoms with E-state index in [0.29, 0.717) is 10.7 Å². The van der Waals surface area contributed by atoms with Crippen molar-refractivity contribution in [1.29, 1.82) is 0 Å². The van der Waals surface area contributed by atoms with Gasteiger partial charge in [0.05, 0.1) is 5.69 Å². The lowest BCUT2D eigenvalue weighted by molar-refractivity contribution is 0.221.